The van der Waals surface area contributed by atoms with Gasteiger partial charge in [0.1, 0.15) is 12.4 Å². The Hall–Kier alpha value is -2.65. The van der Waals surface area contributed by atoms with Gasteiger partial charge in [-0.2, -0.15) is 0 Å². The van der Waals surface area contributed by atoms with Gasteiger partial charge in [0, 0.05) is 30.6 Å². The third-order valence-electron chi connectivity index (χ3n) is 2.94. The van der Waals surface area contributed by atoms with Crippen molar-refractivity contribution in [3.8, 4) is 11.8 Å². The summed E-state index contributed by atoms with van der Waals surface area (Å²) in [6.45, 7) is -0.333. The highest BCUT2D eigenvalue weighted by atomic mass is 19.1. The molecule has 0 radical (unpaired) electrons. The summed E-state index contributed by atoms with van der Waals surface area (Å²) in [5.41, 5.74) is -0.659. The van der Waals surface area contributed by atoms with E-state index >= 15 is 0 Å². The van der Waals surface area contributed by atoms with Crippen LogP contribution in [-0.4, -0.2) is 20.8 Å². The minimum atomic E-state index is -0.705. The molecule has 2 aromatic rings. The fraction of sp³-hybridized carbons (Fsp3) is 0.200. The van der Waals surface area contributed by atoms with Crippen LogP contribution in [0.3, 0.4) is 0 Å². The van der Waals surface area contributed by atoms with Gasteiger partial charge in [-0.1, -0.05) is 17.9 Å². The summed E-state index contributed by atoms with van der Waals surface area (Å²) in [6.07, 6.45) is 2.88. The Labute approximate surface area is 119 Å². The molecule has 0 amide bonds. The molecule has 0 aliphatic rings. The molecule has 0 fully saturated rings. The van der Waals surface area contributed by atoms with Crippen LogP contribution in [0, 0.1) is 17.7 Å². The van der Waals surface area contributed by atoms with Gasteiger partial charge >= 0.3 is 11.1 Å². The zero-order valence-electron chi connectivity index (χ0n) is 11.3. The van der Waals surface area contributed by atoms with E-state index in [1.165, 1.54) is 36.1 Å². The number of rotatable bonds is 2. The van der Waals surface area contributed by atoms with Gasteiger partial charge in [0.2, 0.25) is 0 Å². The van der Waals surface area contributed by atoms with Gasteiger partial charge in [-0.15, -0.1) is 0 Å². The number of benzene rings is 1. The highest BCUT2D eigenvalue weighted by molar-refractivity contribution is 5.37. The average Bonchev–Trinajstić information content (AvgIpc) is 2.47. The molecule has 0 unspecified atom stereocenters. The predicted octanol–water partition coefficient (Wildman–Crippen LogP) is 0.0782. The molecule has 1 aromatic carbocycles. The van der Waals surface area contributed by atoms with Crippen molar-refractivity contribution in [2.75, 3.05) is 6.61 Å². The molecular formula is C15H13FN2O3. The van der Waals surface area contributed by atoms with E-state index in [1.54, 1.807) is 6.07 Å². The first-order valence-electron chi connectivity index (χ1n) is 6.17. The van der Waals surface area contributed by atoms with Gasteiger partial charge in [0.15, 0.2) is 0 Å². The second-order valence-corrected chi connectivity index (χ2v) is 4.41. The number of aliphatic hydroxyl groups excluding tert-OH is 1. The minimum Gasteiger partial charge on any atom is -0.384 e. The maximum Gasteiger partial charge on any atom is 0.316 e. The topological polar surface area (TPSA) is 64.2 Å². The number of halogens is 1. The van der Waals surface area contributed by atoms with E-state index in [0.29, 0.717) is 5.56 Å². The molecule has 0 saturated heterocycles. The van der Waals surface area contributed by atoms with E-state index in [9.17, 15) is 14.0 Å². The maximum atomic E-state index is 13.9. The van der Waals surface area contributed by atoms with Crippen molar-refractivity contribution in [3.63, 3.8) is 0 Å². The van der Waals surface area contributed by atoms with E-state index in [2.05, 4.69) is 11.8 Å². The monoisotopic (exact) mass is 288 g/mol. The fourth-order valence-electron chi connectivity index (χ4n) is 1.79. The van der Waals surface area contributed by atoms with Crippen LogP contribution in [0.1, 0.15) is 11.1 Å². The first-order valence-corrected chi connectivity index (χ1v) is 6.17. The molecule has 21 heavy (non-hydrogen) atoms. The van der Waals surface area contributed by atoms with Crippen molar-refractivity contribution in [1.29, 1.82) is 0 Å². The molecule has 0 bridgehead atoms. The van der Waals surface area contributed by atoms with Crippen molar-refractivity contribution in [2.45, 2.75) is 6.54 Å². The Bertz CT molecular complexity index is 840. The summed E-state index contributed by atoms with van der Waals surface area (Å²) in [4.78, 5) is 23.3. The zero-order chi connectivity index (χ0) is 15.4. The fourth-order valence-corrected chi connectivity index (χ4v) is 1.79. The van der Waals surface area contributed by atoms with Gasteiger partial charge in [0.25, 0.3) is 0 Å². The molecule has 0 saturated carbocycles. The lowest BCUT2D eigenvalue weighted by Crippen LogP contribution is -2.39. The molecule has 0 aliphatic heterocycles. The van der Waals surface area contributed by atoms with Crippen LogP contribution in [-0.2, 0) is 13.6 Å². The molecule has 1 heterocycles. The standard InChI is InChI=1S/C15H13FN2O3/c1-17-6-7-18(15(21)14(17)20)10-12-5-4-11(3-2-8-19)9-13(12)16/h4-7,9,19H,8,10H2,1H3. The van der Waals surface area contributed by atoms with Crippen molar-refractivity contribution in [1.82, 2.24) is 9.13 Å². The van der Waals surface area contributed by atoms with E-state index in [4.69, 9.17) is 5.11 Å². The number of aryl methyl sites for hydroxylation is 1. The van der Waals surface area contributed by atoms with E-state index in [1.807, 2.05) is 0 Å². The van der Waals surface area contributed by atoms with Crippen LogP contribution in [0.2, 0.25) is 0 Å². The Morgan fingerprint density at radius 2 is 2.00 bits per heavy atom. The number of nitrogens with zero attached hydrogens (tertiary/aromatic N) is 2. The van der Waals surface area contributed by atoms with Crippen LogP contribution in [0.4, 0.5) is 4.39 Å². The first kappa shape index (κ1) is 14.8. The summed E-state index contributed by atoms with van der Waals surface area (Å²) in [5, 5.41) is 8.59. The quantitative estimate of drug-likeness (QED) is 0.628. The lowest BCUT2D eigenvalue weighted by atomic mass is 10.1. The Morgan fingerprint density at radius 1 is 1.24 bits per heavy atom. The van der Waals surface area contributed by atoms with Crippen LogP contribution in [0.25, 0.3) is 0 Å². The summed E-state index contributed by atoms with van der Waals surface area (Å²) in [6, 6.07) is 4.32. The van der Waals surface area contributed by atoms with E-state index < -0.39 is 16.9 Å². The summed E-state index contributed by atoms with van der Waals surface area (Å²) >= 11 is 0. The lowest BCUT2D eigenvalue weighted by molar-refractivity contribution is 0.350. The molecule has 0 atom stereocenters. The summed E-state index contributed by atoms with van der Waals surface area (Å²) < 4.78 is 16.3. The van der Waals surface area contributed by atoms with Gasteiger partial charge in [-0.05, 0) is 12.1 Å². The zero-order valence-corrected chi connectivity index (χ0v) is 11.3. The summed E-state index contributed by atoms with van der Waals surface area (Å²) in [5.74, 6) is 4.49. The number of aliphatic hydroxyl groups is 1. The number of hydrogen-bond donors (Lipinski definition) is 1. The average molecular weight is 288 g/mol. The normalized spacial score (nSPS) is 10.0. The van der Waals surface area contributed by atoms with Crippen LogP contribution in [0.15, 0.2) is 40.2 Å². The van der Waals surface area contributed by atoms with Gasteiger partial charge in [0.05, 0.1) is 6.54 Å². The minimum absolute atomic E-state index is 0.0333. The Balaban J connectivity index is 2.35. The van der Waals surface area contributed by atoms with Crippen molar-refractivity contribution in [2.24, 2.45) is 7.05 Å². The lowest BCUT2D eigenvalue weighted by Gasteiger charge is -2.07. The molecule has 0 aliphatic carbocycles. The Morgan fingerprint density at radius 3 is 2.67 bits per heavy atom. The molecule has 1 aromatic heterocycles. The Kier molecular flexibility index (Phi) is 4.36. The van der Waals surface area contributed by atoms with Crippen molar-refractivity contribution in [3.05, 3.63) is 68.2 Å². The highest BCUT2D eigenvalue weighted by Crippen LogP contribution is 2.10. The molecule has 1 N–H and O–H groups in total. The third kappa shape index (κ3) is 3.27. The molecule has 6 heteroatoms. The van der Waals surface area contributed by atoms with Gasteiger partial charge in [-0.3, -0.25) is 9.59 Å². The highest BCUT2D eigenvalue weighted by Gasteiger charge is 2.07. The van der Waals surface area contributed by atoms with E-state index in [-0.39, 0.29) is 18.7 Å². The van der Waals surface area contributed by atoms with Crippen LogP contribution in [0.5, 0.6) is 0 Å². The van der Waals surface area contributed by atoms with Crippen molar-refractivity contribution >= 4 is 0 Å². The molecule has 0 spiro atoms. The molecular weight excluding hydrogens is 275 g/mol. The molecule has 5 nitrogen and oxygen atoms in total. The molecule has 108 valence electrons. The predicted molar refractivity (Wildman–Crippen MR) is 75.4 cm³/mol. The van der Waals surface area contributed by atoms with Gasteiger partial charge in [-0.25, -0.2) is 4.39 Å². The second-order valence-electron chi connectivity index (χ2n) is 4.41. The smallest absolute Gasteiger partial charge is 0.316 e. The van der Waals surface area contributed by atoms with Crippen LogP contribution < -0.4 is 11.1 Å². The van der Waals surface area contributed by atoms with Gasteiger partial charge < -0.3 is 14.2 Å². The van der Waals surface area contributed by atoms with E-state index in [0.717, 1.165) is 4.57 Å². The SMILES string of the molecule is Cn1ccn(Cc2ccc(C#CCO)cc2F)c(=O)c1=O. The molecule has 2 rings (SSSR count). The largest absolute Gasteiger partial charge is 0.384 e. The van der Waals surface area contributed by atoms with Crippen molar-refractivity contribution < 1.29 is 9.50 Å². The summed E-state index contributed by atoms with van der Waals surface area (Å²) in [7, 11) is 1.48. The maximum absolute atomic E-state index is 13.9. The first-order chi connectivity index (χ1) is 10.0. The van der Waals surface area contributed by atoms with Crippen LogP contribution >= 0.6 is 0 Å². The number of hydrogen-bond acceptors (Lipinski definition) is 3. The second kappa shape index (κ2) is 6.20. The third-order valence-corrected chi connectivity index (χ3v) is 2.94. The number of aromatic nitrogens is 2.